The van der Waals surface area contributed by atoms with Gasteiger partial charge in [0.05, 0.1) is 25.9 Å². The van der Waals surface area contributed by atoms with Gasteiger partial charge in [0.25, 0.3) is 0 Å². The number of rotatable bonds is 8. The summed E-state index contributed by atoms with van der Waals surface area (Å²) in [5, 5.41) is 3.37. The third kappa shape index (κ3) is 5.56. The average Bonchev–Trinajstić information content (AvgIpc) is 2.53. The van der Waals surface area contributed by atoms with E-state index in [0.717, 1.165) is 44.0 Å². The van der Waals surface area contributed by atoms with Gasteiger partial charge in [0.1, 0.15) is 0 Å². The number of ether oxygens (including phenoxy) is 3. The van der Waals surface area contributed by atoms with Crippen molar-refractivity contribution >= 4 is 0 Å². The van der Waals surface area contributed by atoms with Crippen LogP contribution in [0.3, 0.4) is 0 Å². The lowest BCUT2D eigenvalue weighted by atomic mass is 10.0. The molecule has 2 atom stereocenters. The average molecular weight is 293 g/mol. The largest absolute Gasteiger partial charge is 0.490 e. The molecule has 4 heteroatoms. The molecule has 118 valence electrons. The van der Waals surface area contributed by atoms with Gasteiger partial charge in [-0.1, -0.05) is 19.1 Å². The molecule has 0 bridgehead atoms. The van der Waals surface area contributed by atoms with Gasteiger partial charge in [-0.3, -0.25) is 0 Å². The molecule has 1 aliphatic rings. The Kier molecular flexibility index (Phi) is 6.83. The number of hydrogen-bond acceptors (Lipinski definition) is 4. The number of hydrogen-bond donors (Lipinski definition) is 1. The minimum Gasteiger partial charge on any atom is -0.490 e. The molecule has 2 rings (SSSR count). The molecule has 0 radical (unpaired) electrons. The molecule has 1 unspecified atom stereocenters. The first-order chi connectivity index (χ1) is 10.3. The van der Waals surface area contributed by atoms with E-state index in [1.165, 1.54) is 0 Å². The molecule has 1 aromatic carbocycles. The molecule has 0 saturated carbocycles. The number of para-hydroxylation sites is 2. The first-order valence-electron chi connectivity index (χ1n) is 7.96. The van der Waals surface area contributed by atoms with Gasteiger partial charge < -0.3 is 19.5 Å². The maximum Gasteiger partial charge on any atom is 0.161 e. The molecule has 4 nitrogen and oxygen atoms in total. The third-order valence-corrected chi connectivity index (χ3v) is 3.66. The Balaban J connectivity index is 1.71. The Hall–Kier alpha value is -1.26. The molecule has 0 spiro atoms. The third-order valence-electron chi connectivity index (χ3n) is 3.66. The van der Waals surface area contributed by atoms with Crippen molar-refractivity contribution in [3.8, 4) is 11.5 Å². The molecule has 0 amide bonds. The highest BCUT2D eigenvalue weighted by Gasteiger charge is 2.15. The Morgan fingerprint density at radius 3 is 2.71 bits per heavy atom. The molecule has 1 fully saturated rings. The van der Waals surface area contributed by atoms with Crippen molar-refractivity contribution in [3.63, 3.8) is 0 Å². The smallest absolute Gasteiger partial charge is 0.161 e. The van der Waals surface area contributed by atoms with E-state index in [4.69, 9.17) is 14.2 Å². The first-order valence-corrected chi connectivity index (χ1v) is 7.96. The van der Waals surface area contributed by atoms with Crippen LogP contribution in [0.2, 0.25) is 0 Å². The van der Waals surface area contributed by atoms with E-state index in [2.05, 4.69) is 12.2 Å². The van der Waals surface area contributed by atoms with Crippen molar-refractivity contribution in [2.24, 2.45) is 5.92 Å². The van der Waals surface area contributed by atoms with Crippen LogP contribution >= 0.6 is 0 Å². The Morgan fingerprint density at radius 2 is 2.05 bits per heavy atom. The van der Waals surface area contributed by atoms with Gasteiger partial charge in [-0.25, -0.2) is 0 Å². The molecular formula is C17H27NO3. The standard InChI is InChI=1S/C17H27NO3/c1-3-19-16-6-4-5-7-17(16)21-13-14(2)8-9-15-12-18-10-11-20-15/h4-7,14-15,18H,3,8-13H2,1-2H3/t14?,15-/m0/s1. The molecular weight excluding hydrogens is 266 g/mol. The number of morpholine rings is 1. The van der Waals surface area contributed by atoms with Crippen molar-refractivity contribution in [2.45, 2.75) is 32.8 Å². The first kappa shape index (κ1) is 16.1. The normalized spacial score (nSPS) is 20.0. The summed E-state index contributed by atoms with van der Waals surface area (Å²) in [7, 11) is 0. The zero-order valence-corrected chi connectivity index (χ0v) is 13.1. The van der Waals surface area contributed by atoms with Gasteiger partial charge in [0.15, 0.2) is 11.5 Å². The summed E-state index contributed by atoms with van der Waals surface area (Å²) in [4.78, 5) is 0. The van der Waals surface area contributed by atoms with Crippen molar-refractivity contribution in [1.82, 2.24) is 5.32 Å². The number of benzene rings is 1. The van der Waals surface area contributed by atoms with Crippen LogP contribution < -0.4 is 14.8 Å². The van der Waals surface area contributed by atoms with Crippen LogP contribution in [0.5, 0.6) is 11.5 Å². The van der Waals surface area contributed by atoms with E-state index in [9.17, 15) is 0 Å². The van der Waals surface area contributed by atoms with Crippen LogP contribution in [-0.2, 0) is 4.74 Å². The van der Waals surface area contributed by atoms with Crippen LogP contribution in [0.25, 0.3) is 0 Å². The van der Waals surface area contributed by atoms with E-state index in [-0.39, 0.29) is 0 Å². The fourth-order valence-electron chi connectivity index (χ4n) is 2.44. The van der Waals surface area contributed by atoms with Crippen molar-refractivity contribution in [1.29, 1.82) is 0 Å². The van der Waals surface area contributed by atoms with Gasteiger partial charge >= 0.3 is 0 Å². The second-order valence-electron chi connectivity index (χ2n) is 5.57. The lowest BCUT2D eigenvalue weighted by molar-refractivity contribution is 0.0190. The summed E-state index contributed by atoms with van der Waals surface area (Å²) in [5.41, 5.74) is 0. The summed E-state index contributed by atoms with van der Waals surface area (Å²) < 4.78 is 17.2. The molecule has 1 aliphatic heterocycles. The fourth-order valence-corrected chi connectivity index (χ4v) is 2.44. The summed E-state index contributed by atoms with van der Waals surface area (Å²) in [6, 6.07) is 7.86. The van der Waals surface area contributed by atoms with Crippen LogP contribution in [0.1, 0.15) is 26.7 Å². The fraction of sp³-hybridized carbons (Fsp3) is 0.647. The number of nitrogens with one attached hydrogen (secondary N) is 1. The van der Waals surface area contributed by atoms with E-state index in [1.54, 1.807) is 0 Å². The van der Waals surface area contributed by atoms with Crippen molar-refractivity contribution in [2.75, 3.05) is 32.9 Å². The summed E-state index contributed by atoms with van der Waals surface area (Å²) >= 11 is 0. The van der Waals surface area contributed by atoms with E-state index in [0.29, 0.717) is 25.2 Å². The van der Waals surface area contributed by atoms with E-state index in [1.807, 2.05) is 31.2 Å². The Morgan fingerprint density at radius 1 is 1.29 bits per heavy atom. The summed E-state index contributed by atoms with van der Waals surface area (Å²) in [5.74, 6) is 2.17. The quantitative estimate of drug-likeness (QED) is 0.800. The van der Waals surface area contributed by atoms with Crippen molar-refractivity contribution in [3.05, 3.63) is 24.3 Å². The molecule has 1 aromatic rings. The van der Waals surface area contributed by atoms with E-state index < -0.39 is 0 Å². The molecule has 1 saturated heterocycles. The van der Waals surface area contributed by atoms with Gasteiger partial charge in [-0.2, -0.15) is 0 Å². The van der Waals surface area contributed by atoms with Gasteiger partial charge in [0.2, 0.25) is 0 Å². The maximum absolute atomic E-state index is 5.91. The highest BCUT2D eigenvalue weighted by atomic mass is 16.5. The molecule has 0 aromatic heterocycles. The summed E-state index contributed by atoms with van der Waals surface area (Å²) in [6.07, 6.45) is 2.56. The SMILES string of the molecule is CCOc1ccccc1OCC(C)CC[C@H]1CNCCO1. The lowest BCUT2D eigenvalue weighted by Crippen LogP contribution is -2.38. The second kappa shape index (κ2) is 8.90. The van der Waals surface area contributed by atoms with Crippen LogP contribution in [-0.4, -0.2) is 39.0 Å². The molecule has 1 heterocycles. The minimum absolute atomic E-state index is 0.358. The van der Waals surface area contributed by atoms with Gasteiger partial charge in [-0.15, -0.1) is 0 Å². The highest BCUT2D eigenvalue weighted by Crippen LogP contribution is 2.27. The molecule has 1 N–H and O–H groups in total. The second-order valence-corrected chi connectivity index (χ2v) is 5.57. The Labute approximate surface area is 127 Å². The monoisotopic (exact) mass is 293 g/mol. The predicted octanol–water partition coefficient (Wildman–Crippen LogP) is 2.87. The topological polar surface area (TPSA) is 39.7 Å². The highest BCUT2D eigenvalue weighted by molar-refractivity contribution is 5.39. The predicted molar refractivity (Wildman–Crippen MR) is 84.1 cm³/mol. The van der Waals surface area contributed by atoms with Gasteiger partial charge in [0, 0.05) is 13.1 Å². The van der Waals surface area contributed by atoms with Crippen LogP contribution in [0.4, 0.5) is 0 Å². The van der Waals surface area contributed by atoms with Gasteiger partial charge in [-0.05, 0) is 37.8 Å². The minimum atomic E-state index is 0.358. The molecule has 21 heavy (non-hydrogen) atoms. The summed E-state index contributed by atoms with van der Waals surface area (Å²) in [6.45, 7) is 8.35. The van der Waals surface area contributed by atoms with E-state index >= 15 is 0 Å². The van der Waals surface area contributed by atoms with Crippen LogP contribution in [0, 0.1) is 5.92 Å². The van der Waals surface area contributed by atoms with Crippen molar-refractivity contribution < 1.29 is 14.2 Å². The molecule has 0 aliphatic carbocycles. The lowest BCUT2D eigenvalue weighted by Gasteiger charge is -2.24. The van der Waals surface area contributed by atoms with Crippen LogP contribution in [0.15, 0.2) is 24.3 Å². The zero-order chi connectivity index (χ0) is 14.9. The maximum atomic E-state index is 5.91. The Bertz CT molecular complexity index is 405. The zero-order valence-electron chi connectivity index (χ0n) is 13.1.